The van der Waals surface area contributed by atoms with E-state index in [1.807, 2.05) is 0 Å². The second-order valence-electron chi connectivity index (χ2n) is 21.8. The lowest BCUT2D eigenvalue weighted by molar-refractivity contribution is -0.303. The number of rotatable bonds is 53. The molecule has 434 valence electrons. The van der Waals surface area contributed by atoms with Crippen LogP contribution in [0.1, 0.15) is 277 Å². The van der Waals surface area contributed by atoms with Gasteiger partial charge >= 0.3 is 0 Å². The van der Waals surface area contributed by atoms with Crippen molar-refractivity contribution in [1.82, 2.24) is 5.32 Å². The Labute approximate surface area is 453 Å². The molecule has 9 unspecified atom stereocenters. The van der Waals surface area contributed by atoms with Crippen molar-refractivity contribution in [3.8, 4) is 0 Å². The van der Waals surface area contributed by atoms with Crippen molar-refractivity contribution in [1.29, 1.82) is 0 Å². The van der Waals surface area contributed by atoms with Gasteiger partial charge < -0.3 is 50.5 Å². The van der Waals surface area contributed by atoms with E-state index >= 15 is 0 Å². The monoisotopic (exact) mass is 1050 g/mol. The Morgan fingerprint density at radius 1 is 0.473 bits per heavy atom. The summed E-state index contributed by atoms with van der Waals surface area (Å²) in [6.45, 7) is 3.46. The highest BCUT2D eigenvalue weighted by molar-refractivity contribution is 5.80. The maximum absolute atomic E-state index is 13.2. The summed E-state index contributed by atoms with van der Waals surface area (Å²) >= 11 is 0. The summed E-state index contributed by atoms with van der Waals surface area (Å²) < 4.78 is 11.1. The molecule has 1 rings (SSSR count). The number of unbranched alkanes of at least 4 members (excludes halogenated alkanes) is 33. The molecular weight excluding hydrogens is 931 g/mol. The third-order valence-corrected chi connectivity index (χ3v) is 14.8. The van der Waals surface area contributed by atoms with Gasteiger partial charge in [-0.3, -0.25) is 4.79 Å². The van der Waals surface area contributed by atoms with Gasteiger partial charge in [0.05, 0.1) is 25.4 Å². The highest BCUT2D eigenvalue weighted by atomic mass is 16.7. The third-order valence-electron chi connectivity index (χ3n) is 14.8. The number of ether oxygens (including phenoxy) is 2. The molecule has 0 aromatic heterocycles. The van der Waals surface area contributed by atoms with Gasteiger partial charge in [-0.2, -0.15) is 0 Å². The van der Waals surface area contributed by atoms with Gasteiger partial charge in [-0.1, -0.05) is 242 Å². The van der Waals surface area contributed by atoms with Gasteiger partial charge in [-0.25, -0.2) is 0 Å². The van der Waals surface area contributed by atoms with Crippen LogP contribution in [0, 0.1) is 0 Å². The Morgan fingerprint density at radius 3 is 1.28 bits per heavy atom. The Morgan fingerprint density at radius 2 is 0.851 bits per heavy atom. The molecule has 74 heavy (non-hydrogen) atoms. The largest absolute Gasteiger partial charge is 0.394 e. The molecule has 1 saturated heterocycles. The Bertz CT molecular complexity index is 1340. The highest BCUT2D eigenvalue weighted by Gasteiger charge is 2.44. The molecule has 9 atom stereocenters. The van der Waals surface area contributed by atoms with E-state index in [0.717, 1.165) is 44.9 Å². The molecule has 1 aliphatic heterocycles. The van der Waals surface area contributed by atoms with Gasteiger partial charge in [0.15, 0.2) is 6.29 Å². The minimum atomic E-state index is -1.67. The minimum absolute atomic E-state index is 0.245. The van der Waals surface area contributed by atoms with Crippen molar-refractivity contribution in [3.63, 3.8) is 0 Å². The Balaban J connectivity index is 2.29. The first kappa shape index (κ1) is 70.1. The topological polar surface area (TPSA) is 189 Å². The van der Waals surface area contributed by atoms with E-state index in [1.165, 1.54) is 186 Å². The van der Waals surface area contributed by atoms with Gasteiger partial charge in [-0.05, 0) is 83.5 Å². The number of carbonyl (C=O) groups excluding carboxylic acids is 1. The first-order chi connectivity index (χ1) is 36.2. The molecule has 0 saturated carbocycles. The number of hydrogen-bond donors (Lipinski definition) is 8. The van der Waals surface area contributed by atoms with Gasteiger partial charge in [0.1, 0.15) is 36.6 Å². The standard InChI is InChI=1S/C63H117NO10/c1-3-5-7-9-11-13-15-17-19-21-23-24-25-26-27-28-29-30-31-33-35-37-39-41-43-45-47-49-51-56(67)62(72)64-54(53-73-63-61(71)60(70)59(69)57(52-65)74-63)58(68)55(66)50-48-46-44-42-40-38-36-34-32-22-20-18-16-14-12-10-8-6-4-2/h23-24,26-27,34,36,42,44,54-61,63,65-71H,3-22,25,28-33,35,37-41,43,45-53H2,1-2H3,(H,64,72)/b24-23-,27-26-,36-34+,44-42+. The second kappa shape index (κ2) is 51.8. The van der Waals surface area contributed by atoms with E-state index < -0.39 is 74.2 Å². The number of allylic oxidation sites excluding steroid dienone is 8. The summed E-state index contributed by atoms with van der Waals surface area (Å²) in [5.41, 5.74) is 0. The summed E-state index contributed by atoms with van der Waals surface area (Å²) in [6, 6.07) is -1.19. The van der Waals surface area contributed by atoms with Crippen LogP contribution >= 0.6 is 0 Å². The number of aliphatic hydroxyl groups is 7. The molecule has 8 N–H and O–H groups in total. The van der Waals surface area contributed by atoms with Gasteiger partial charge in [0, 0.05) is 0 Å². The van der Waals surface area contributed by atoms with Crippen LogP contribution in [-0.2, 0) is 14.3 Å². The molecular formula is C63H117NO10. The average molecular weight is 1050 g/mol. The molecule has 1 heterocycles. The van der Waals surface area contributed by atoms with Gasteiger partial charge in [0.2, 0.25) is 5.91 Å². The summed E-state index contributed by atoms with van der Waals surface area (Å²) in [6.07, 6.45) is 54.6. The predicted molar refractivity (Wildman–Crippen MR) is 307 cm³/mol. The van der Waals surface area contributed by atoms with Crippen LogP contribution in [0.3, 0.4) is 0 Å². The fourth-order valence-electron chi connectivity index (χ4n) is 9.78. The molecule has 0 aliphatic carbocycles. The molecule has 0 bridgehead atoms. The smallest absolute Gasteiger partial charge is 0.249 e. The number of carbonyl (C=O) groups is 1. The van der Waals surface area contributed by atoms with Crippen LogP contribution in [0.2, 0.25) is 0 Å². The van der Waals surface area contributed by atoms with Crippen LogP contribution in [0.5, 0.6) is 0 Å². The summed E-state index contributed by atoms with van der Waals surface area (Å²) in [4.78, 5) is 13.2. The van der Waals surface area contributed by atoms with Crippen LogP contribution in [0.25, 0.3) is 0 Å². The molecule has 0 aromatic rings. The van der Waals surface area contributed by atoms with Crippen LogP contribution in [0.15, 0.2) is 48.6 Å². The van der Waals surface area contributed by atoms with E-state index in [-0.39, 0.29) is 12.8 Å². The summed E-state index contributed by atoms with van der Waals surface area (Å²) in [5, 5.41) is 76.2. The molecule has 0 radical (unpaired) electrons. The van der Waals surface area contributed by atoms with Gasteiger partial charge in [0.25, 0.3) is 0 Å². The number of amides is 1. The second-order valence-corrected chi connectivity index (χ2v) is 21.8. The van der Waals surface area contributed by atoms with Crippen molar-refractivity contribution >= 4 is 5.91 Å². The molecule has 1 aliphatic rings. The minimum Gasteiger partial charge on any atom is -0.394 e. The molecule has 11 heteroatoms. The van der Waals surface area contributed by atoms with Crippen LogP contribution in [0.4, 0.5) is 0 Å². The number of hydrogen-bond acceptors (Lipinski definition) is 10. The normalized spacial score (nSPS) is 20.1. The Kier molecular flexibility index (Phi) is 49.1. The maximum atomic E-state index is 13.2. The average Bonchev–Trinajstić information content (AvgIpc) is 3.40. The lowest BCUT2D eigenvalue weighted by Crippen LogP contribution is -2.60. The van der Waals surface area contributed by atoms with Crippen molar-refractivity contribution in [2.45, 2.75) is 332 Å². The first-order valence-corrected chi connectivity index (χ1v) is 31.0. The lowest BCUT2D eigenvalue weighted by atomic mass is 9.98. The Hall–Kier alpha value is -1.93. The zero-order valence-electron chi connectivity index (χ0n) is 47.6. The molecule has 0 aromatic carbocycles. The zero-order chi connectivity index (χ0) is 54.0. The van der Waals surface area contributed by atoms with Gasteiger partial charge in [-0.15, -0.1) is 0 Å². The molecule has 0 spiro atoms. The van der Waals surface area contributed by atoms with Crippen molar-refractivity contribution < 1.29 is 50.0 Å². The van der Waals surface area contributed by atoms with E-state index in [0.29, 0.717) is 19.3 Å². The van der Waals surface area contributed by atoms with E-state index in [1.54, 1.807) is 0 Å². The fraction of sp³-hybridized carbons (Fsp3) is 0.857. The first-order valence-electron chi connectivity index (χ1n) is 31.0. The van der Waals surface area contributed by atoms with Crippen molar-refractivity contribution in [2.24, 2.45) is 0 Å². The maximum Gasteiger partial charge on any atom is 0.249 e. The highest BCUT2D eigenvalue weighted by Crippen LogP contribution is 2.23. The summed E-state index contributed by atoms with van der Waals surface area (Å²) in [5.74, 6) is -0.710. The predicted octanol–water partition coefficient (Wildman–Crippen LogP) is 13.6. The third kappa shape index (κ3) is 39.4. The van der Waals surface area contributed by atoms with E-state index in [4.69, 9.17) is 9.47 Å². The van der Waals surface area contributed by atoms with Crippen molar-refractivity contribution in [3.05, 3.63) is 48.6 Å². The van der Waals surface area contributed by atoms with E-state index in [2.05, 4.69) is 67.8 Å². The molecule has 11 nitrogen and oxygen atoms in total. The quantitative estimate of drug-likeness (QED) is 0.0215. The lowest BCUT2D eigenvalue weighted by Gasteiger charge is -2.40. The summed E-state index contributed by atoms with van der Waals surface area (Å²) in [7, 11) is 0. The van der Waals surface area contributed by atoms with Crippen LogP contribution < -0.4 is 5.32 Å². The molecule has 1 fully saturated rings. The SMILES string of the molecule is CCCCCCCCCCC/C=C\C/C=C\CCCCCCCCCCCCCCC(O)C(=O)NC(COC1OC(CO)C(O)C(O)C1O)C(O)C(O)CCC/C=C/CC/C=C/CCCCCCCCCCCC. The zero-order valence-corrected chi connectivity index (χ0v) is 47.6. The van der Waals surface area contributed by atoms with Crippen LogP contribution in [-0.4, -0.2) is 110 Å². The number of nitrogens with one attached hydrogen (secondary N) is 1. The van der Waals surface area contributed by atoms with E-state index in [9.17, 15) is 40.5 Å². The number of aliphatic hydroxyl groups excluding tert-OH is 7. The van der Waals surface area contributed by atoms with Crippen molar-refractivity contribution in [2.75, 3.05) is 13.2 Å². The molecule has 1 amide bonds. The fourth-order valence-corrected chi connectivity index (χ4v) is 9.78.